The van der Waals surface area contributed by atoms with E-state index in [1.165, 1.54) is 49.8 Å². The molecule has 0 aliphatic carbocycles. The number of hydrogen-bond acceptors (Lipinski definition) is 5. The Bertz CT molecular complexity index is 2330. The third-order valence-electron chi connectivity index (χ3n) is 11.1. The van der Waals surface area contributed by atoms with Gasteiger partial charge < -0.3 is 5.32 Å². The molecule has 52 heavy (non-hydrogen) atoms. The molecule has 5 amide bonds. The molecule has 2 aliphatic rings. The molecule has 8 rings (SSSR count). The van der Waals surface area contributed by atoms with E-state index < -0.39 is 11.8 Å². The molecule has 0 spiro atoms. The van der Waals surface area contributed by atoms with Crippen molar-refractivity contribution in [2.75, 3.05) is 18.5 Å². The predicted octanol–water partition coefficient (Wildman–Crippen LogP) is 9.41. The lowest BCUT2D eigenvalue weighted by atomic mass is 9.82. The van der Waals surface area contributed by atoms with Crippen molar-refractivity contribution in [1.82, 2.24) is 10.2 Å². The van der Waals surface area contributed by atoms with Crippen LogP contribution in [0.15, 0.2) is 72.8 Å². The van der Waals surface area contributed by atoms with E-state index in [-0.39, 0.29) is 17.7 Å². The van der Waals surface area contributed by atoms with E-state index in [9.17, 15) is 24.0 Å². The Morgan fingerprint density at radius 1 is 0.500 bits per heavy atom. The Kier molecular flexibility index (Phi) is 8.69. The Morgan fingerprint density at radius 3 is 1.33 bits per heavy atom. The highest BCUT2D eigenvalue weighted by molar-refractivity contribution is 6.43. The van der Waals surface area contributed by atoms with Gasteiger partial charge in [0.1, 0.15) is 0 Å². The second-order valence-electron chi connectivity index (χ2n) is 14.2. The topological polar surface area (TPSA) is 104 Å². The van der Waals surface area contributed by atoms with E-state index in [4.69, 9.17) is 0 Å². The molecule has 2 aliphatic heterocycles. The maximum Gasteiger partial charge on any atom is 0.265 e. The molecule has 6 aromatic rings. The smallest absolute Gasteiger partial charge is 0.265 e. The highest BCUT2D eigenvalue weighted by Crippen LogP contribution is 2.46. The minimum Gasteiger partial charge on any atom is -0.355 e. The van der Waals surface area contributed by atoms with Gasteiger partial charge in [0.2, 0.25) is 0 Å². The summed E-state index contributed by atoms with van der Waals surface area (Å²) in [6.45, 7) is 2.64. The van der Waals surface area contributed by atoms with Crippen molar-refractivity contribution in [2.45, 2.75) is 71.1 Å². The number of benzene rings is 6. The summed E-state index contributed by atoms with van der Waals surface area (Å²) < 4.78 is 0. The minimum atomic E-state index is -0.441. The molecule has 6 aromatic carbocycles. The number of imide groups is 2. The van der Waals surface area contributed by atoms with Crippen LogP contribution in [0.2, 0.25) is 0 Å². The number of unbranched alkanes of at least 4 members (excludes halogenated alkanes) is 9. The number of amides is 5. The summed E-state index contributed by atoms with van der Waals surface area (Å²) in [4.78, 5) is 70.5. The van der Waals surface area contributed by atoms with E-state index in [2.05, 4.69) is 12.2 Å². The summed E-state index contributed by atoms with van der Waals surface area (Å²) in [7, 11) is 1.54. The fourth-order valence-corrected chi connectivity index (χ4v) is 8.42. The number of anilines is 1. The van der Waals surface area contributed by atoms with E-state index in [0.29, 0.717) is 50.8 Å². The van der Waals surface area contributed by atoms with Gasteiger partial charge in [0.15, 0.2) is 0 Å². The zero-order chi connectivity index (χ0) is 36.1. The predicted molar refractivity (Wildman–Crippen MR) is 206 cm³/mol. The molecule has 262 valence electrons. The van der Waals surface area contributed by atoms with Gasteiger partial charge in [0.05, 0.1) is 5.69 Å². The third-order valence-corrected chi connectivity index (χ3v) is 11.1. The lowest BCUT2D eigenvalue weighted by Crippen LogP contribution is -2.41. The van der Waals surface area contributed by atoms with Gasteiger partial charge in [-0.25, -0.2) is 4.90 Å². The second-order valence-corrected chi connectivity index (χ2v) is 14.2. The zero-order valence-corrected chi connectivity index (χ0v) is 29.6. The van der Waals surface area contributed by atoms with Crippen molar-refractivity contribution >= 4 is 78.3 Å². The molecular formula is C44H41N3O5. The van der Waals surface area contributed by atoms with Crippen LogP contribution in [-0.2, 0) is 0 Å². The summed E-state index contributed by atoms with van der Waals surface area (Å²) >= 11 is 0. The van der Waals surface area contributed by atoms with Crippen molar-refractivity contribution in [3.63, 3.8) is 0 Å². The van der Waals surface area contributed by atoms with E-state index in [1.54, 1.807) is 43.4 Å². The molecule has 0 aromatic heterocycles. The molecule has 0 fully saturated rings. The molecule has 8 nitrogen and oxygen atoms in total. The summed E-state index contributed by atoms with van der Waals surface area (Å²) in [5, 5.41) is 8.92. The van der Waals surface area contributed by atoms with E-state index in [1.807, 2.05) is 36.4 Å². The molecule has 0 bridgehead atoms. The van der Waals surface area contributed by atoms with Crippen molar-refractivity contribution in [1.29, 1.82) is 0 Å². The van der Waals surface area contributed by atoms with Crippen LogP contribution in [0.25, 0.3) is 43.1 Å². The first-order valence-corrected chi connectivity index (χ1v) is 18.6. The van der Waals surface area contributed by atoms with Crippen LogP contribution >= 0.6 is 0 Å². The molecule has 0 saturated carbocycles. The Labute approximate surface area is 302 Å². The SMILES string of the molecule is CCCCCCCCCCCCN1C(=O)c2ccc3c4ccc5c6c(ccc(c7ccc(c2c37)C1=O)c64)C(=O)N(c1ccc(C(=O)NC)cc1)C5=O. The van der Waals surface area contributed by atoms with Crippen molar-refractivity contribution in [3.8, 4) is 0 Å². The standard InChI is InChI=1S/C44H41N3O5/c1-3-4-5-6-7-8-9-10-11-12-25-46-41(49)32-21-17-28-30-19-23-34-39-35(44(52)47(43(34)51)27-15-13-26(14-16-27)40(48)45-2)24-20-31(37(30)39)29-18-22-33(42(46)50)38(32)36(28)29/h13-24H,3-12,25H2,1-2H3,(H,45,48). The summed E-state index contributed by atoms with van der Waals surface area (Å²) in [5.74, 6) is -1.66. The summed E-state index contributed by atoms with van der Waals surface area (Å²) in [5.41, 5.74) is 2.67. The van der Waals surface area contributed by atoms with Gasteiger partial charge in [-0.1, -0.05) is 89.0 Å². The van der Waals surface area contributed by atoms with Crippen molar-refractivity contribution in [3.05, 3.63) is 101 Å². The van der Waals surface area contributed by atoms with Gasteiger partial charge >= 0.3 is 0 Å². The zero-order valence-electron chi connectivity index (χ0n) is 29.6. The normalized spacial score (nSPS) is 14.2. The third kappa shape index (κ3) is 5.23. The van der Waals surface area contributed by atoms with E-state index in [0.717, 1.165) is 56.5 Å². The van der Waals surface area contributed by atoms with Crippen LogP contribution < -0.4 is 10.2 Å². The van der Waals surface area contributed by atoms with E-state index >= 15 is 0 Å². The second kappa shape index (κ2) is 13.5. The first-order chi connectivity index (χ1) is 25.3. The van der Waals surface area contributed by atoms with Crippen molar-refractivity contribution in [2.24, 2.45) is 0 Å². The number of fused-ring (bicyclic) bond motifs is 2. The molecule has 0 saturated heterocycles. The lowest BCUT2D eigenvalue weighted by molar-refractivity contribution is 0.0606. The number of hydrogen-bond donors (Lipinski definition) is 1. The Morgan fingerprint density at radius 2 is 0.904 bits per heavy atom. The summed E-state index contributed by atoms with van der Waals surface area (Å²) in [6, 6.07) is 21.3. The molecule has 1 N–H and O–H groups in total. The average Bonchev–Trinajstić information content (AvgIpc) is 3.17. The van der Waals surface area contributed by atoms with Crippen LogP contribution in [0.5, 0.6) is 0 Å². The van der Waals surface area contributed by atoms with Crippen LogP contribution in [0.3, 0.4) is 0 Å². The Hall–Kier alpha value is -5.63. The highest BCUT2D eigenvalue weighted by atomic mass is 16.2. The first-order valence-electron chi connectivity index (χ1n) is 18.6. The fourth-order valence-electron chi connectivity index (χ4n) is 8.42. The number of nitrogens with zero attached hydrogens (tertiary/aromatic N) is 2. The fraction of sp³-hybridized carbons (Fsp3) is 0.295. The molecule has 0 unspecified atom stereocenters. The maximum atomic E-state index is 14.0. The quantitative estimate of drug-likeness (QED) is 0.0563. The lowest BCUT2D eigenvalue weighted by Gasteiger charge is -2.30. The molecular weight excluding hydrogens is 651 g/mol. The number of nitrogens with one attached hydrogen (secondary N) is 1. The Balaban J connectivity index is 1.12. The maximum absolute atomic E-state index is 14.0. The van der Waals surface area contributed by atoms with Gasteiger partial charge in [-0.2, -0.15) is 0 Å². The van der Waals surface area contributed by atoms with Crippen molar-refractivity contribution < 1.29 is 24.0 Å². The van der Waals surface area contributed by atoms with Crippen LogP contribution in [0, 0.1) is 0 Å². The van der Waals surface area contributed by atoms with Crippen LogP contribution in [0.1, 0.15) is 123 Å². The molecule has 2 heterocycles. The largest absolute Gasteiger partial charge is 0.355 e. The highest BCUT2D eigenvalue weighted by Gasteiger charge is 2.37. The first kappa shape index (κ1) is 33.5. The van der Waals surface area contributed by atoms with Gasteiger partial charge in [-0.15, -0.1) is 0 Å². The minimum absolute atomic E-state index is 0.257. The van der Waals surface area contributed by atoms with Gasteiger partial charge in [0.25, 0.3) is 29.5 Å². The molecule has 8 heteroatoms. The molecule has 0 radical (unpaired) electrons. The average molecular weight is 692 g/mol. The number of carbonyl (C=O) groups excluding carboxylic acids is 5. The molecule has 0 atom stereocenters. The van der Waals surface area contributed by atoms with Gasteiger partial charge in [0, 0.05) is 52.2 Å². The van der Waals surface area contributed by atoms with Gasteiger partial charge in [-0.05, 0) is 87.3 Å². The summed E-state index contributed by atoms with van der Waals surface area (Å²) in [6.07, 6.45) is 11.8. The van der Waals surface area contributed by atoms with Crippen LogP contribution in [0.4, 0.5) is 5.69 Å². The van der Waals surface area contributed by atoms with Crippen LogP contribution in [-0.4, -0.2) is 48.0 Å². The monoisotopic (exact) mass is 691 g/mol. The number of carbonyl (C=O) groups is 5. The number of rotatable bonds is 13. The van der Waals surface area contributed by atoms with Gasteiger partial charge in [-0.3, -0.25) is 28.9 Å².